The van der Waals surface area contributed by atoms with Gasteiger partial charge in [0, 0.05) is 31.3 Å². The monoisotopic (exact) mass is 430 g/mol. The number of ether oxygens (including phenoxy) is 1. The maximum Gasteiger partial charge on any atom is 0.256 e. The lowest BCUT2D eigenvalue weighted by Gasteiger charge is -2.27. The fraction of sp³-hybridized carbons (Fsp3) is 0.409. The number of nitrogens with zero attached hydrogens (tertiary/aromatic N) is 3. The van der Waals surface area contributed by atoms with Gasteiger partial charge in [-0.3, -0.25) is 14.3 Å². The van der Waals surface area contributed by atoms with Gasteiger partial charge in [0.15, 0.2) is 0 Å². The first-order valence-corrected chi connectivity index (χ1v) is 10.6. The van der Waals surface area contributed by atoms with Gasteiger partial charge in [0.1, 0.15) is 5.15 Å². The third-order valence-corrected chi connectivity index (χ3v) is 5.35. The summed E-state index contributed by atoms with van der Waals surface area (Å²) in [6.45, 7) is 6.85. The molecule has 30 heavy (non-hydrogen) atoms. The quantitative estimate of drug-likeness (QED) is 0.678. The molecule has 3 rings (SSSR count). The molecule has 160 valence electrons. The van der Waals surface area contributed by atoms with Gasteiger partial charge in [0.05, 0.1) is 30.2 Å². The summed E-state index contributed by atoms with van der Waals surface area (Å²) in [6, 6.07) is 7.01. The molecule has 0 radical (unpaired) electrons. The molecular weight excluding hydrogens is 404 g/mol. The van der Waals surface area contributed by atoms with Crippen LogP contribution in [0.1, 0.15) is 41.4 Å². The Labute approximate surface area is 181 Å². The summed E-state index contributed by atoms with van der Waals surface area (Å²) in [5.41, 5.74) is 2.43. The van der Waals surface area contributed by atoms with Gasteiger partial charge in [-0.05, 0) is 31.6 Å². The van der Waals surface area contributed by atoms with Crippen molar-refractivity contribution in [1.29, 1.82) is 0 Å². The lowest BCUT2D eigenvalue weighted by Crippen LogP contribution is -2.41. The number of amides is 2. The molecule has 1 N–H and O–H groups in total. The first kappa shape index (κ1) is 22.1. The highest BCUT2D eigenvalue weighted by atomic mass is 35.5. The van der Waals surface area contributed by atoms with Crippen LogP contribution in [0.4, 0.5) is 5.69 Å². The number of aromatic nitrogens is 2. The van der Waals surface area contributed by atoms with E-state index < -0.39 is 0 Å². The molecule has 7 nitrogen and oxygen atoms in total. The van der Waals surface area contributed by atoms with Crippen LogP contribution < -0.4 is 5.32 Å². The van der Waals surface area contributed by atoms with E-state index in [0.717, 1.165) is 30.6 Å². The summed E-state index contributed by atoms with van der Waals surface area (Å²) >= 11 is 6.42. The van der Waals surface area contributed by atoms with Crippen molar-refractivity contribution in [3.8, 4) is 0 Å². The molecule has 1 fully saturated rings. The number of para-hydroxylation sites is 1. The molecule has 8 heteroatoms. The molecule has 2 aromatic rings. The molecule has 1 aromatic carbocycles. The molecule has 1 aromatic heterocycles. The van der Waals surface area contributed by atoms with Crippen LogP contribution >= 0.6 is 11.6 Å². The Bertz CT molecular complexity index is 932. The predicted octanol–water partition coefficient (Wildman–Crippen LogP) is 3.77. The van der Waals surface area contributed by atoms with E-state index in [2.05, 4.69) is 17.3 Å². The van der Waals surface area contributed by atoms with Crippen LogP contribution in [-0.2, 0) is 16.1 Å². The molecule has 0 spiro atoms. The average Bonchev–Trinajstić information content (AvgIpc) is 3.03. The van der Waals surface area contributed by atoms with Crippen LogP contribution in [0.25, 0.3) is 6.08 Å². The molecular formula is C22H27ClN4O3. The molecule has 0 aliphatic carbocycles. The Morgan fingerprint density at radius 1 is 1.27 bits per heavy atom. The number of rotatable bonds is 7. The lowest BCUT2D eigenvalue weighted by atomic mass is 10.1. The van der Waals surface area contributed by atoms with Gasteiger partial charge in [0.25, 0.3) is 5.91 Å². The first-order valence-electron chi connectivity index (χ1n) is 10.2. The van der Waals surface area contributed by atoms with Crippen LogP contribution in [0.5, 0.6) is 0 Å². The van der Waals surface area contributed by atoms with Gasteiger partial charge in [-0.25, -0.2) is 0 Å². The summed E-state index contributed by atoms with van der Waals surface area (Å²) in [5.74, 6) is -0.455. The van der Waals surface area contributed by atoms with Crippen molar-refractivity contribution in [2.45, 2.75) is 33.2 Å². The molecule has 2 amide bonds. The molecule has 2 heterocycles. The normalized spacial score (nSPS) is 14.3. The van der Waals surface area contributed by atoms with Crippen LogP contribution in [0, 0.1) is 6.92 Å². The summed E-state index contributed by atoms with van der Waals surface area (Å²) in [5, 5.41) is 7.77. The molecule has 0 unspecified atom stereocenters. The highest BCUT2D eigenvalue weighted by Gasteiger charge is 2.21. The second-order valence-corrected chi connectivity index (χ2v) is 7.50. The number of nitrogens with one attached hydrogen (secondary N) is 1. The number of halogens is 1. The van der Waals surface area contributed by atoms with E-state index in [9.17, 15) is 9.59 Å². The minimum atomic E-state index is -0.339. The zero-order valence-electron chi connectivity index (χ0n) is 17.4. The minimum absolute atomic E-state index is 0.116. The summed E-state index contributed by atoms with van der Waals surface area (Å²) in [6.07, 6.45) is 5.11. The number of aryl methyl sites for hydroxylation is 2. The highest BCUT2D eigenvalue weighted by Crippen LogP contribution is 2.22. The van der Waals surface area contributed by atoms with Gasteiger partial charge in [-0.1, -0.05) is 37.1 Å². The molecule has 1 aliphatic heterocycles. The summed E-state index contributed by atoms with van der Waals surface area (Å²) in [4.78, 5) is 27.1. The Balaban J connectivity index is 1.71. The van der Waals surface area contributed by atoms with Crippen molar-refractivity contribution >= 4 is 35.2 Å². The molecule has 0 atom stereocenters. The van der Waals surface area contributed by atoms with Crippen molar-refractivity contribution in [3.05, 3.63) is 52.3 Å². The number of unbranched alkanes of at least 4 members (excludes halogenated alkanes) is 1. The maximum atomic E-state index is 12.8. The van der Waals surface area contributed by atoms with Crippen LogP contribution in [0.3, 0.4) is 0 Å². The van der Waals surface area contributed by atoms with E-state index in [1.165, 1.54) is 6.08 Å². The van der Waals surface area contributed by atoms with Crippen molar-refractivity contribution in [2.75, 3.05) is 31.6 Å². The van der Waals surface area contributed by atoms with Gasteiger partial charge in [-0.15, -0.1) is 0 Å². The van der Waals surface area contributed by atoms with Crippen LogP contribution in [0.2, 0.25) is 5.15 Å². The zero-order chi connectivity index (χ0) is 21.5. The smallest absolute Gasteiger partial charge is 0.256 e. The third-order valence-electron chi connectivity index (χ3n) is 4.95. The fourth-order valence-electron chi connectivity index (χ4n) is 3.26. The maximum absolute atomic E-state index is 12.8. The molecule has 1 saturated heterocycles. The van der Waals surface area contributed by atoms with Crippen molar-refractivity contribution in [3.63, 3.8) is 0 Å². The van der Waals surface area contributed by atoms with E-state index >= 15 is 0 Å². The lowest BCUT2D eigenvalue weighted by molar-refractivity contribution is -0.111. The number of hydrogen-bond acceptors (Lipinski definition) is 4. The number of carbonyl (C=O) groups is 2. The van der Waals surface area contributed by atoms with Gasteiger partial charge < -0.3 is 15.0 Å². The first-order chi connectivity index (χ1) is 14.5. The number of hydrogen-bond donors (Lipinski definition) is 1. The topological polar surface area (TPSA) is 76.5 Å². The largest absolute Gasteiger partial charge is 0.378 e. The van der Waals surface area contributed by atoms with Gasteiger partial charge in [0.2, 0.25) is 5.91 Å². The summed E-state index contributed by atoms with van der Waals surface area (Å²) < 4.78 is 7.06. The standard InChI is InChI=1S/C22H27ClN4O3/c1-3-4-11-27-21(23)17(16(2)25-27)9-10-20(28)24-19-8-6-5-7-18(19)22(29)26-12-14-30-15-13-26/h5-10H,3-4,11-15H2,1-2H3,(H,24,28). The van der Waals surface area contributed by atoms with Crippen LogP contribution in [-0.4, -0.2) is 52.8 Å². The minimum Gasteiger partial charge on any atom is -0.378 e. The van der Waals surface area contributed by atoms with Crippen molar-refractivity contribution in [2.24, 2.45) is 0 Å². The van der Waals surface area contributed by atoms with E-state index in [1.807, 2.05) is 6.92 Å². The number of morpholine rings is 1. The van der Waals surface area contributed by atoms with Gasteiger partial charge >= 0.3 is 0 Å². The number of carbonyl (C=O) groups excluding carboxylic acids is 2. The second-order valence-electron chi connectivity index (χ2n) is 7.14. The zero-order valence-corrected chi connectivity index (χ0v) is 18.1. The van der Waals surface area contributed by atoms with E-state index in [-0.39, 0.29) is 11.8 Å². The molecule has 0 saturated carbocycles. The van der Waals surface area contributed by atoms with Crippen molar-refractivity contribution < 1.29 is 14.3 Å². The van der Waals surface area contributed by atoms with Crippen LogP contribution in [0.15, 0.2) is 30.3 Å². The Kier molecular flexibility index (Phi) is 7.65. The highest BCUT2D eigenvalue weighted by molar-refractivity contribution is 6.31. The number of anilines is 1. The van der Waals surface area contributed by atoms with Gasteiger partial charge in [-0.2, -0.15) is 5.10 Å². The molecule has 1 aliphatic rings. The average molecular weight is 431 g/mol. The predicted molar refractivity (Wildman–Crippen MR) is 118 cm³/mol. The van der Waals surface area contributed by atoms with E-state index in [4.69, 9.17) is 16.3 Å². The van der Waals surface area contributed by atoms with Crippen molar-refractivity contribution in [1.82, 2.24) is 14.7 Å². The van der Waals surface area contributed by atoms with E-state index in [0.29, 0.717) is 42.7 Å². The van der Waals surface area contributed by atoms with E-state index in [1.54, 1.807) is 39.9 Å². The Morgan fingerprint density at radius 2 is 2.00 bits per heavy atom. The Hall–Kier alpha value is -2.64. The second kappa shape index (κ2) is 10.4. The summed E-state index contributed by atoms with van der Waals surface area (Å²) in [7, 11) is 0. The molecule has 0 bridgehead atoms. The Morgan fingerprint density at radius 3 is 2.73 bits per heavy atom. The SMILES string of the molecule is CCCCn1nc(C)c(C=CC(=O)Nc2ccccc2C(=O)N2CCOCC2)c1Cl. The third kappa shape index (κ3) is 5.29. The fourth-order valence-corrected chi connectivity index (χ4v) is 3.58. The number of benzene rings is 1.